The molecule has 1 aliphatic carbocycles. The summed E-state index contributed by atoms with van der Waals surface area (Å²) in [7, 11) is 1.68. The van der Waals surface area contributed by atoms with Gasteiger partial charge in [0.05, 0.1) is 6.04 Å². The quantitative estimate of drug-likeness (QED) is 0.612. The van der Waals surface area contributed by atoms with E-state index in [1.54, 1.807) is 7.05 Å². The highest BCUT2D eigenvalue weighted by atomic mass is 16.2. The van der Waals surface area contributed by atoms with E-state index in [2.05, 4.69) is 24.5 Å². The second-order valence-electron chi connectivity index (χ2n) is 4.89. The molecule has 0 aromatic carbocycles. The van der Waals surface area contributed by atoms with Crippen molar-refractivity contribution in [1.29, 1.82) is 0 Å². The van der Waals surface area contributed by atoms with Gasteiger partial charge in [0, 0.05) is 19.1 Å². The number of rotatable bonds is 5. The van der Waals surface area contributed by atoms with Crippen molar-refractivity contribution in [3.05, 3.63) is 0 Å². The lowest BCUT2D eigenvalue weighted by atomic mass is 9.86. The van der Waals surface area contributed by atoms with Gasteiger partial charge in [0.25, 0.3) is 0 Å². The number of carbonyl (C=O) groups excluding carboxylic acids is 1. The molecule has 1 unspecified atom stereocenters. The molecule has 0 saturated heterocycles. The molecule has 1 saturated carbocycles. The lowest BCUT2D eigenvalue weighted by molar-refractivity contribution is -0.123. The van der Waals surface area contributed by atoms with Crippen molar-refractivity contribution in [1.82, 2.24) is 10.6 Å². The van der Waals surface area contributed by atoms with Crippen molar-refractivity contribution in [2.24, 2.45) is 11.7 Å². The smallest absolute Gasteiger partial charge is 0.236 e. The molecule has 0 radical (unpaired) electrons. The Labute approximate surface area is 92.0 Å². The number of hydrogen-bond acceptors (Lipinski definition) is 3. The Morgan fingerprint density at radius 3 is 2.47 bits per heavy atom. The summed E-state index contributed by atoms with van der Waals surface area (Å²) in [5.74, 6) is 0.609. The Kier molecular flexibility index (Phi) is 4.54. The first kappa shape index (κ1) is 12.5. The summed E-state index contributed by atoms with van der Waals surface area (Å²) >= 11 is 0. The van der Waals surface area contributed by atoms with Crippen molar-refractivity contribution < 1.29 is 4.79 Å². The maximum absolute atomic E-state index is 11.6. The van der Waals surface area contributed by atoms with Crippen LogP contribution in [0.15, 0.2) is 0 Å². The van der Waals surface area contributed by atoms with Gasteiger partial charge in [-0.2, -0.15) is 0 Å². The summed E-state index contributed by atoms with van der Waals surface area (Å²) in [5.41, 5.74) is 5.71. The highest BCUT2D eigenvalue weighted by Crippen LogP contribution is 2.19. The van der Waals surface area contributed by atoms with Crippen LogP contribution in [0.4, 0.5) is 0 Å². The van der Waals surface area contributed by atoms with Gasteiger partial charge in [-0.3, -0.25) is 4.79 Å². The van der Waals surface area contributed by atoms with Crippen LogP contribution in [0.3, 0.4) is 0 Å². The van der Waals surface area contributed by atoms with E-state index in [1.807, 2.05) is 0 Å². The van der Waals surface area contributed by atoms with Gasteiger partial charge < -0.3 is 16.4 Å². The molecule has 1 aliphatic rings. The average molecular weight is 213 g/mol. The van der Waals surface area contributed by atoms with E-state index < -0.39 is 0 Å². The maximum Gasteiger partial charge on any atom is 0.236 e. The zero-order valence-electron chi connectivity index (χ0n) is 9.92. The average Bonchev–Trinajstić information content (AvgIpc) is 2.12. The monoisotopic (exact) mass is 213 g/mol. The second kappa shape index (κ2) is 5.47. The molecule has 88 valence electrons. The fourth-order valence-electron chi connectivity index (χ4n) is 1.98. The first-order valence-electron chi connectivity index (χ1n) is 5.76. The number of nitrogens with one attached hydrogen (secondary N) is 2. The summed E-state index contributed by atoms with van der Waals surface area (Å²) in [4.78, 5) is 11.6. The highest BCUT2D eigenvalue weighted by Gasteiger charge is 2.30. The van der Waals surface area contributed by atoms with Crippen molar-refractivity contribution in [2.45, 2.75) is 51.2 Å². The third kappa shape index (κ3) is 3.80. The Balaban J connectivity index is 2.38. The Morgan fingerprint density at radius 1 is 1.47 bits per heavy atom. The molecular weight excluding hydrogens is 190 g/mol. The van der Waals surface area contributed by atoms with Crippen molar-refractivity contribution in [3.63, 3.8) is 0 Å². The summed E-state index contributed by atoms with van der Waals surface area (Å²) in [5, 5.41) is 6.08. The van der Waals surface area contributed by atoms with Crippen molar-refractivity contribution >= 4 is 5.91 Å². The van der Waals surface area contributed by atoms with Crippen molar-refractivity contribution in [2.75, 3.05) is 7.05 Å². The van der Waals surface area contributed by atoms with Gasteiger partial charge in [-0.05, 0) is 25.2 Å². The molecule has 1 amide bonds. The Bertz CT molecular complexity index is 212. The van der Waals surface area contributed by atoms with Crippen LogP contribution in [0.2, 0.25) is 0 Å². The standard InChI is InChI=1S/C11H23N3O/c1-7(2)4-10(11(15)13-3)14-9-5-8(12)6-9/h7-10,14H,4-6,12H2,1-3H3,(H,13,15). The molecule has 0 aromatic heterocycles. The van der Waals surface area contributed by atoms with Gasteiger partial charge in [0.15, 0.2) is 0 Å². The van der Waals surface area contributed by atoms with E-state index in [4.69, 9.17) is 5.73 Å². The molecule has 1 fully saturated rings. The molecule has 1 atom stereocenters. The van der Waals surface area contributed by atoms with Crippen molar-refractivity contribution in [3.8, 4) is 0 Å². The Hall–Kier alpha value is -0.610. The van der Waals surface area contributed by atoms with E-state index in [0.29, 0.717) is 18.0 Å². The van der Waals surface area contributed by atoms with Crippen LogP contribution in [0, 0.1) is 5.92 Å². The second-order valence-corrected chi connectivity index (χ2v) is 4.89. The molecule has 4 N–H and O–H groups in total. The van der Waals surface area contributed by atoms with Crippen LogP contribution in [-0.4, -0.2) is 31.1 Å². The first-order valence-corrected chi connectivity index (χ1v) is 5.76. The molecule has 1 rings (SSSR count). The van der Waals surface area contributed by atoms with E-state index in [0.717, 1.165) is 19.3 Å². The lowest BCUT2D eigenvalue weighted by Gasteiger charge is -2.36. The molecule has 0 heterocycles. The van der Waals surface area contributed by atoms with E-state index in [1.165, 1.54) is 0 Å². The molecular formula is C11H23N3O. The topological polar surface area (TPSA) is 67.2 Å². The van der Waals surface area contributed by atoms with Crippen LogP contribution >= 0.6 is 0 Å². The van der Waals surface area contributed by atoms with E-state index in [-0.39, 0.29) is 11.9 Å². The molecule has 15 heavy (non-hydrogen) atoms. The van der Waals surface area contributed by atoms with Gasteiger partial charge in [0.2, 0.25) is 5.91 Å². The lowest BCUT2D eigenvalue weighted by Crippen LogP contribution is -2.55. The minimum atomic E-state index is -0.0625. The van der Waals surface area contributed by atoms with Gasteiger partial charge in [-0.1, -0.05) is 13.8 Å². The predicted octanol–water partition coefficient (Wildman–Crippen LogP) is 0.226. The van der Waals surface area contributed by atoms with E-state index >= 15 is 0 Å². The highest BCUT2D eigenvalue weighted by molar-refractivity contribution is 5.81. The van der Waals surface area contributed by atoms with Gasteiger partial charge in [0.1, 0.15) is 0 Å². The van der Waals surface area contributed by atoms with Crippen LogP contribution in [0.1, 0.15) is 33.1 Å². The van der Waals surface area contributed by atoms with Crippen LogP contribution in [0.5, 0.6) is 0 Å². The molecule has 0 spiro atoms. The largest absolute Gasteiger partial charge is 0.358 e. The van der Waals surface area contributed by atoms with Crippen LogP contribution < -0.4 is 16.4 Å². The summed E-state index contributed by atoms with van der Waals surface area (Å²) in [6, 6.07) is 0.695. The summed E-state index contributed by atoms with van der Waals surface area (Å²) < 4.78 is 0. The molecule has 4 nitrogen and oxygen atoms in total. The minimum absolute atomic E-state index is 0.0625. The number of hydrogen-bond donors (Lipinski definition) is 3. The third-order valence-electron chi connectivity index (χ3n) is 2.88. The molecule has 0 bridgehead atoms. The first-order chi connectivity index (χ1) is 7.02. The fourth-order valence-corrected chi connectivity index (χ4v) is 1.98. The maximum atomic E-state index is 11.6. The predicted molar refractivity (Wildman–Crippen MR) is 61.4 cm³/mol. The van der Waals surface area contributed by atoms with Gasteiger partial charge >= 0.3 is 0 Å². The van der Waals surface area contributed by atoms with E-state index in [9.17, 15) is 4.79 Å². The number of amides is 1. The Morgan fingerprint density at radius 2 is 2.07 bits per heavy atom. The third-order valence-corrected chi connectivity index (χ3v) is 2.88. The number of nitrogens with two attached hydrogens (primary N) is 1. The molecule has 0 aliphatic heterocycles. The molecule has 4 heteroatoms. The van der Waals surface area contributed by atoms with Crippen LogP contribution in [-0.2, 0) is 4.79 Å². The summed E-state index contributed by atoms with van der Waals surface area (Å²) in [6.07, 6.45) is 2.86. The normalized spacial score (nSPS) is 27.3. The van der Waals surface area contributed by atoms with Gasteiger partial charge in [-0.25, -0.2) is 0 Å². The fraction of sp³-hybridized carbons (Fsp3) is 0.909. The van der Waals surface area contributed by atoms with Gasteiger partial charge in [-0.15, -0.1) is 0 Å². The minimum Gasteiger partial charge on any atom is -0.358 e. The van der Waals surface area contributed by atoms with Crippen LogP contribution in [0.25, 0.3) is 0 Å². The zero-order chi connectivity index (χ0) is 11.4. The zero-order valence-corrected chi connectivity index (χ0v) is 9.92. The summed E-state index contributed by atoms with van der Waals surface area (Å²) in [6.45, 7) is 4.26. The number of likely N-dealkylation sites (N-methyl/N-ethyl adjacent to an activating group) is 1. The number of carbonyl (C=O) groups is 1. The molecule has 0 aromatic rings. The SMILES string of the molecule is CNC(=O)C(CC(C)C)NC1CC(N)C1.